The molecule has 1 aliphatic heterocycles. The third-order valence-corrected chi connectivity index (χ3v) is 4.22. The first-order chi connectivity index (χ1) is 11.9. The summed E-state index contributed by atoms with van der Waals surface area (Å²) in [5.41, 5.74) is -2.64. The Morgan fingerprint density at radius 1 is 1.12 bits per heavy atom. The third kappa shape index (κ3) is 3.13. The molecule has 2 aromatic rings. The van der Waals surface area contributed by atoms with Crippen LogP contribution in [0.2, 0.25) is 0 Å². The highest BCUT2D eigenvalue weighted by molar-refractivity contribution is 5.77. The summed E-state index contributed by atoms with van der Waals surface area (Å²) < 4.78 is 15.8. The van der Waals surface area contributed by atoms with Gasteiger partial charge in [0.2, 0.25) is 6.29 Å². The maximum atomic E-state index is 11.3. The summed E-state index contributed by atoms with van der Waals surface area (Å²) in [6.07, 6.45) is -6.27. The minimum absolute atomic E-state index is 0.152. The van der Waals surface area contributed by atoms with Gasteiger partial charge < -0.3 is 39.4 Å². The second-order valence-corrected chi connectivity index (χ2v) is 5.84. The van der Waals surface area contributed by atoms with Crippen molar-refractivity contribution in [3.05, 3.63) is 40.8 Å². The molecule has 136 valence electrons. The third-order valence-electron chi connectivity index (χ3n) is 4.22. The van der Waals surface area contributed by atoms with Crippen molar-refractivity contribution in [2.45, 2.75) is 30.2 Å². The zero-order valence-corrected chi connectivity index (χ0v) is 13.0. The van der Waals surface area contributed by atoms with Crippen LogP contribution < -0.4 is 10.4 Å². The Morgan fingerprint density at radius 2 is 1.84 bits per heavy atom. The molecule has 0 bridgehead atoms. The van der Waals surface area contributed by atoms with Crippen LogP contribution in [0.5, 0.6) is 5.75 Å². The number of fused-ring (bicyclic) bond motifs is 1. The van der Waals surface area contributed by atoms with Gasteiger partial charge in [0.05, 0.1) is 13.2 Å². The standard InChI is InChI=1S/C16H18O9/c17-6-11-13(20)16(22,7-18)14(21)15(25-11)23-9-3-1-8-2-4-12(19)24-10(8)5-9/h1-5,11,13-15,17-18,20-22H,6-7H2/t11-,13-,14+,15+,16+/m1/s1. The van der Waals surface area contributed by atoms with Crippen molar-refractivity contribution in [2.24, 2.45) is 0 Å². The number of hydrogen-bond acceptors (Lipinski definition) is 9. The lowest BCUT2D eigenvalue weighted by atomic mass is 9.85. The summed E-state index contributed by atoms with van der Waals surface area (Å²) in [7, 11) is 0. The molecule has 9 nitrogen and oxygen atoms in total. The summed E-state index contributed by atoms with van der Waals surface area (Å²) in [4.78, 5) is 11.3. The molecule has 1 saturated heterocycles. The molecule has 0 saturated carbocycles. The monoisotopic (exact) mass is 354 g/mol. The molecule has 1 fully saturated rings. The number of ether oxygens (including phenoxy) is 2. The Morgan fingerprint density at radius 3 is 2.52 bits per heavy atom. The van der Waals surface area contributed by atoms with Gasteiger partial charge in [0, 0.05) is 17.5 Å². The molecule has 0 aliphatic carbocycles. The minimum Gasteiger partial charge on any atom is -0.462 e. The van der Waals surface area contributed by atoms with E-state index in [0.29, 0.717) is 5.39 Å². The number of aliphatic hydroxyl groups excluding tert-OH is 4. The number of aliphatic hydroxyl groups is 5. The normalized spacial score (nSPS) is 32.7. The fourth-order valence-corrected chi connectivity index (χ4v) is 2.72. The first kappa shape index (κ1) is 17.8. The van der Waals surface area contributed by atoms with Gasteiger partial charge in [-0.15, -0.1) is 0 Å². The average Bonchev–Trinajstić information content (AvgIpc) is 2.61. The van der Waals surface area contributed by atoms with Crippen LogP contribution in [0.25, 0.3) is 11.0 Å². The molecule has 1 aromatic heterocycles. The molecule has 1 aromatic carbocycles. The van der Waals surface area contributed by atoms with Gasteiger partial charge in [-0.1, -0.05) is 0 Å². The van der Waals surface area contributed by atoms with E-state index in [4.69, 9.17) is 13.9 Å². The van der Waals surface area contributed by atoms with Gasteiger partial charge in [-0.25, -0.2) is 4.79 Å². The molecule has 2 heterocycles. The van der Waals surface area contributed by atoms with E-state index < -0.39 is 49.0 Å². The van der Waals surface area contributed by atoms with E-state index in [2.05, 4.69) is 0 Å². The zero-order chi connectivity index (χ0) is 18.2. The lowest BCUT2D eigenvalue weighted by molar-refractivity contribution is -0.320. The molecule has 5 atom stereocenters. The molecule has 0 radical (unpaired) electrons. The largest absolute Gasteiger partial charge is 0.462 e. The molecule has 1 aliphatic rings. The maximum Gasteiger partial charge on any atom is 0.336 e. The summed E-state index contributed by atoms with van der Waals surface area (Å²) in [6, 6.07) is 7.36. The van der Waals surface area contributed by atoms with Crippen LogP contribution in [0.15, 0.2) is 39.5 Å². The van der Waals surface area contributed by atoms with Gasteiger partial charge in [0.1, 0.15) is 35.2 Å². The molecule has 0 amide bonds. The average molecular weight is 354 g/mol. The second kappa shape index (κ2) is 6.71. The van der Waals surface area contributed by atoms with Crippen LogP contribution in [-0.4, -0.2) is 68.9 Å². The highest BCUT2D eigenvalue weighted by atomic mass is 16.7. The van der Waals surface area contributed by atoms with Gasteiger partial charge in [0.15, 0.2) is 0 Å². The summed E-state index contributed by atoms with van der Waals surface area (Å²) in [5, 5.41) is 49.7. The molecule has 5 N–H and O–H groups in total. The number of rotatable bonds is 4. The Hall–Kier alpha value is -2.01. The number of benzene rings is 1. The van der Waals surface area contributed by atoms with Crippen molar-refractivity contribution >= 4 is 11.0 Å². The molecule has 9 heteroatoms. The summed E-state index contributed by atoms with van der Waals surface area (Å²) >= 11 is 0. The van der Waals surface area contributed by atoms with Crippen LogP contribution in [0.4, 0.5) is 0 Å². The summed E-state index contributed by atoms with van der Waals surface area (Å²) in [5.74, 6) is 0.152. The van der Waals surface area contributed by atoms with Crippen LogP contribution in [0.3, 0.4) is 0 Å². The van der Waals surface area contributed by atoms with Crippen molar-refractivity contribution in [3.8, 4) is 5.75 Å². The van der Waals surface area contributed by atoms with Gasteiger partial charge in [-0.2, -0.15) is 0 Å². The van der Waals surface area contributed by atoms with E-state index in [0.717, 1.165) is 0 Å². The van der Waals surface area contributed by atoms with Crippen LogP contribution in [0, 0.1) is 0 Å². The van der Waals surface area contributed by atoms with Gasteiger partial charge in [-0.3, -0.25) is 0 Å². The lowest BCUT2D eigenvalue weighted by Gasteiger charge is -2.46. The van der Waals surface area contributed by atoms with E-state index in [-0.39, 0.29) is 11.3 Å². The van der Waals surface area contributed by atoms with E-state index in [1.165, 1.54) is 18.2 Å². The molecule has 3 rings (SSSR count). The molecule has 0 unspecified atom stereocenters. The molecular formula is C16H18O9. The van der Waals surface area contributed by atoms with Crippen LogP contribution in [-0.2, 0) is 4.74 Å². The Labute approximate surface area is 141 Å². The van der Waals surface area contributed by atoms with Crippen LogP contribution in [0.1, 0.15) is 0 Å². The first-order valence-electron chi connectivity index (χ1n) is 7.55. The Bertz CT molecular complexity index is 804. The van der Waals surface area contributed by atoms with E-state index in [1.807, 2.05) is 0 Å². The highest BCUT2D eigenvalue weighted by Gasteiger charge is 2.55. The van der Waals surface area contributed by atoms with Gasteiger partial charge >= 0.3 is 5.63 Å². The minimum atomic E-state index is -2.33. The topological polar surface area (TPSA) is 150 Å². The molecular weight excluding hydrogens is 336 g/mol. The van der Waals surface area contributed by atoms with Crippen molar-refractivity contribution in [3.63, 3.8) is 0 Å². The van der Waals surface area contributed by atoms with Crippen molar-refractivity contribution in [2.75, 3.05) is 13.2 Å². The smallest absolute Gasteiger partial charge is 0.336 e. The Balaban J connectivity index is 1.89. The Kier molecular flexibility index (Phi) is 4.78. The summed E-state index contributed by atoms with van der Waals surface area (Å²) in [6.45, 7) is -1.63. The number of hydrogen-bond donors (Lipinski definition) is 5. The highest BCUT2D eigenvalue weighted by Crippen LogP contribution is 2.32. The van der Waals surface area contributed by atoms with Crippen molar-refractivity contribution < 1.29 is 39.4 Å². The lowest BCUT2D eigenvalue weighted by Crippen LogP contribution is -2.69. The molecule has 0 spiro atoms. The first-order valence-corrected chi connectivity index (χ1v) is 7.55. The maximum absolute atomic E-state index is 11.3. The fraction of sp³-hybridized carbons (Fsp3) is 0.438. The predicted octanol–water partition coefficient (Wildman–Crippen LogP) is -1.67. The fourth-order valence-electron chi connectivity index (χ4n) is 2.72. The van der Waals surface area contributed by atoms with E-state index in [1.54, 1.807) is 12.1 Å². The van der Waals surface area contributed by atoms with Gasteiger partial charge in [-0.05, 0) is 18.2 Å². The molecule has 25 heavy (non-hydrogen) atoms. The van der Waals surface area contributed by atoms with E-state index >= 15 is 0 Å². The predicted molar refractivity (Wildman–Crippen MR) is 82.9 cm³/mol. The van der Waals surface area contributed by atoms with Gasteiger partial charge in [0.25, 0.3) is 0 Å². The second-order valence-electron chi connectivity index (χ2n) is 5.84. The van der Waals surface area contributed by atoms with E-state index in [9.17, 15) is 30.3 Å². The van der Waals surface area contributed by atoms with Crippen LogP contribution >= 0.6 is 0 Å². The van der Waals surface area contributed by atoms with Crippen molar-refractivity contribution in [1.29, 1.82) is 0 Å². The quantitative estimate of drug-likeness (QED) is 0.406. The zero-order valence-electron chi connectivity index (χ0n) is 13.0. The SMILES string of the molecule is O=c1ccc2ccc(O[C@H]3O[C@H](CO)[C@@H](O)[C@@](O)(CO)[C@H]3O)cc2o1. The van der Waals surface area contributed by atoms with Crippen molar-refractivity contribution in [1.82, 2.24) is 0 Å².